The molecule has 0 atom stereocenters. The quantitative estimate of drug-likeness (QED) is 0.805. The molecule has 0 unspecified atom stereocenters. The Morgan fingerprint density at radius 2 is 2.00 bits per heavy atom. The van der Waals surface area contributed by atoms with E-state index in [0.29, 0.717) is 21.7 Å². The second-order valence-corrected chi connectivity index (χ2v) is 3.58. The van der Waals surface area contributed by atoms with Gasteiger partial charge in [-0.2, -0.15) is 5.10 Å². The van der Waals surface area contributed by atoms with Gasteiger partial charge in [0.2, 0.25) is 5.88 Å². The zero-order valence-electron chi connectivity index (χ0n) is 7.52. The number of hydrogen-bond acceptors (Lipinski definition) is 3. The molecular formula is C10H6Cl2N2O. The molecule has 1 aromatic carbocycles. The zero-order valence-corrected chi connectivity index (χ0v) is 9.03. The van der Waals surface area contributed by atoms with Gasteiger partial charge in [-0.25, -0.2) is 0 Å². The highest BCUT2D eigenvalue weighted by atomic mass is 35.5. The fourth-order valence-corrected chi connectivity index (χ4v) is 1.46. The minimum Gasteiger partial charge on any atom is -0.436 e. The summed E-state index contributed by atoms with van der Waals surface area (Å²) in [7, 11) is 0. The summed E-state index contributed by atoms with van der Waals surface area (Å²) in [4.78, 5) is 0. The van der Waals surface area contributed by atoms with Crippen molar-refractivity contribution in [2.75, 3.05) is 0 Å². The molecule has 5 heteroatoms. The van der Waals surface area contributed by atoms with Gasteiger partial charge in [-0.05, 0) is 24.3 Å². The number of hydrogen-bond donors (Lipinski definition) is 0. The summed E-state index contributed by atoms with van der Waals surface area (Å²) in [5, 5.41) is 8.46. The van der Waals surface area contributed by atoms with Gasteiger partial charge in [0.1, 0.15) is 5.75 Å². The molecule has 1 heterocycles. The number of benzene rings is 1. The molecule has 0 N–H and O–H groups in total. The lowest BCUT2D eigenvalue weighted by Crippen LogP contribution is -1.89. The van der Waals surface area contributed by atoms with E-state index in [2.05, 4.69) is 10.2 Å². The van der Waals surface area contributed by atoms with Gasteiger partial charge >= 0.3 is 0 Å². The Labute approximate surface area is 96.6 Å². The predicted molar refractivity (Wildman–Crippen MR) is 58.6 cm³/mol. The van der Waals surface area contributed by atoms with Crippen LogP contribution in [0.3, 0.4) is 0 Å². The van der Waals surface area contributed by atoms with Crippen molar-refractivity contribution in [1.82, 2.24) is 10.2 Å². The highest BCUT2D eigenvalue weighted by Crippen LogP contribution is 2.30. The number of aromatic nitrogens is 2. The smallest absolute Gasteiger partial charge is 0.238 e. The van der Waals surface area contributed by atoms with Crippen molar-refractivity contribution in [3.05, 3.63) is 46.6 Å². The second-order valence-electron chi connectivity index (χ2n) is 2.74. The van der Waals surface area contributed by atoms with Crippen LogP contribution in [0.25, 0.3) is 0 Å². The van der Waals surface area contributed by atoms with Crippen LogP contribution in [0.1, 0.15) is 0 Å². The molecule has 3 nitrogen and oxygen atoms in total. The summed E-state index contributed by atoms with van der Waals surface area (Å²) in [6, 6.07) is 8.40. The molecule has 0 amide bonds. The second kappa shape index (κ2) is 4.47. The maximum Gasteiger partial charge on any atom is 0.238 e. The van der Waals surface area contributed by atoms with E-state index in [1.165, 1.54) is 0 Å². The zero-order chi connectivity index (χ0) is 10.7. The fourth-order valence-electron chi connectivity index (χ4n) is 1.01. The van der Waals surface area contributed by atoms with Crippen molar-refractivity contribution in [2.24, 2.45) is 0 Å². The normalized spacial score (nSPS) is 10.0. The minimum absolute atomic E-state index is 0.390. The molecule has 0 aliphatic rings. The predicted octanol–water partition coefficient (Wildman–Crippen LogP) is 3.58. The Morgan fingerprint density at radius 1 is 1.13 bits per heavy atom. The third-order valence-corrected chi connectivity index (χ3v) is 2.19. The Balaban J connectivity index is 2.25. The number of halogens is 2. The maximum atomic E-state index is 5.92. The van der Waals surface area contributed by atoms with Crippen molar-refractivity contribution >= 4 is 23.2 Å². The van der Waals surface area contributed by atoms with Crippen LogP contribution in [-0.4, -0.2) is 10.2 Å². The number of rotatable bonds is 2. The Morgan fingerprint density at radius 3 is 2.67 bits per heavy atom. The molecule has 1 aromatic heterocycles. The number of ether oxygens (including phenoxy) is 1. The molecular weight excluding hydrogens is 235 g/mol. The van der Waals surface area contributed by atoms with Crippen molar-refractivity contribution in [1.29, 1.82) is 0 Å². The van der Waals surface area contributed by atoms with E-state index in [0.717, 1.165) is 0 Å². The fraction of sp³-hybridized carbons (Fsp3) is 0. The summed E-state index contributed by atoms with van der Waals surface area (Å²) >= 11 is 11.7. The van der Waals surface area contributed by atoms with Gasteiger partial charge in [-0.15, -0.1) is 5.10 Å². The van der Waals surface area contributed by atoms with Crippen LogP contribution < -0.4 is 4.74 Å². The van der Waals surface area contributed by atoms with Crippen LogP contribution in [0.15, 0.2) is 36.5 Å². The van der Waals surface area contributed by atoms with Gasteiger partial charge in [0.25, 0.3) is 0 Å². The van der Waals surface area contributed by atoms with E-state index in [1.54, 1.807) is 36.5 Å². The van der Waals surface area contributed by atoms with E-state index in [4.69, 9.17) is 27.9 Å². The van der Waals surface area contributed by atoms with Crippen LogP contribution in [0.5, 0.6) is 11.6 Å². The first-order valence-corrected chi connectivity index (χ1v) is 4.92. The van der Waals surface area contributed by atoms with Crippen molar-refractivity contribution in [2.45, 2.75) is 0 Å². The van der Waals surface area contributed by atoms with Gasteiger partial charge in [-0.3, -0.25) is 0 Å². The third-order valence-electron chi connectivity index (χ3n) is 1.66. The van der Waals surface area contributed by atoms with Gasteiger partial charge in [-0.1, -0.05) is 23.2 Å². The molecule has 0 aliphatic carbocycles. The lowest BCUT2D eigenvalue weighted by molar-refractivity contribution is 0.455. The Kier molecular flexibility index (Phi) is 3.04. The highest BCUT2D eigenvalue weighted by molar-refractivity contribution is 6.35. The van der Waals surface area contributed by atoms with Crippen molar-refractivity contribution in [3.8, 4) is 11.6 Å². The molecule has 0 saturated carbocycles. The summed E-state index contributed by atoms with van der Waals surface area (Å²) in [6.07, 6.45) is 1.57. The van der Waals surface area contributed by atoms with Gasteiger partial charge in [0.05, 0.1) is 5.02 Å². The van der Waals surface area contributed by atoms with Crippen LogP contribution in [0, 0.1) is 0 Å². The molecule has 2 aromatic rings. The van der Waals surface area contributed by atoms with E-state index in [1.807, 2.05) is 0 Å². The van der Waals surface area contributed by atoms with E-state index in [-0.39, 0.29) is 0 Å². The third kappa shape index (κ3) is 2.58. The van der Waals surface area contributed by atoms with Crippen LogP contribution in [0.2, 0.25) is 10.0 Å². The molecule has 0 saturated heterocycles. The molecule has 0 radical (unpaired) electrons. The van der Waals surface area contributed by atoms with Crippen LogP contribution >= 0.6 is 23.2 Å². The summed E-state index contributed by atoms with van der Waals surface area (Å²) < 4.78 is 5.40. The average molecular weight is 241 g/mol. The molecule has 0 bridgehead atoms. The molecule has 0 aliphatic heterocycles. The summed E-state index contributed by atoms with van der Waals surface area (Å²) in [5.74, 6) is 0.892. The van der Waals surface area contributed by atoms with Crippen molar-refractivity contribution in [3.63, 3.8) is 0 Å². The van der Waals surface area contributed by atoms with E-state index < -0.39 is 0 Å². The lowest BCUT2D eigenvalue weighted by atomic mass is 10.3. The summed E-state index contributed by atoms with van der Waals surface area (Å²) in [6.45, 7) is 0. The van der Waals surface area contributed by atoms with Gasteiger partial charge < -0.3 is 4.74 Å². The monoisotopic (exact) mass is 240 g/mol. The Hall–Kier alpha value is -1.32. The topological polar surface area (TPSA) is 35.0 Å². The van der Waals surface area contributed by atoms with Crippen LogP contribution in [0.4, 0.5) is 0 Å². The first-order chi connectivity index (χ1) is 7.25. The standard InChI is InChI=1S/C10H6Cl2N2O/c11-7-3-4-9(8(12)6-7)15-10-2-1-5-13-14-10/h1-6H. The SMILES string of the molecule is Clc1ccc(Oc2cccnn2)c(Cl)c1. The highest BCUT2D eigenvalue weighted by Gasteiger charge is 2.04. The van der Waals surface area contributed by atoms with Crippen molar-refractivity contribution < 1.29 is 4.74 Å². The first kappa shape index (κ1) is 10.2. The van der Waals surface area contributed by atoms with Gasteiger partial charge in [0, 0.05) is 17.3 Å². The van der Waals surface area contributed by atoms with E-state index >= 15 is 0 Å². The van der Waals surface area contributed by atoms with E-state index in [9.17, 15) is 0 Å². The molecule has 76 valence electrons. The van der Waals surface area contributed by atoms with Crippen LogP contribution in [-0.2, 0) is 0 Å². The molecule has 0 spiro atoms. The molecule has 2 rings (SSSR count). The lowest BCUT2D eigenvalue weighted by Gasteiger charge is -2.05. The first-order valence-electron chi connectivity index (χ1n) is 4.16. The molecule has 0 fully saturated rings. The minimum atomic E-state index is 0.390. The molecule has 15 heavy (non-hydrogen) atoms. The average Bonchev–Trinajstić information content (AvgIpc) is 2.24. The van der Waals surface area contributed by atoms with Gasteiger partial charge in [0.15, 0.2) is 0 Å². The Bertz CT molecular complexity index is 462. The number of nitrogens with zero attached hydrogens (tertiary/aromatic N) is 2. The summed E-state index contributed by atoms with van der Waals surface area (Å²) in [5.41, 5.74) is 0. The largest absolute Gasteiger partial charge is 0.436 e. The maximum absolute atomic E-state index is 5.92.